The fourth-order valence-corrected chi connectivity index (χ4v) is 3.28. The second-order valence-electron chi connectivity index (χ2n) is 5.89. The molecular weight excluding hydrogens is 294 g/mol. The van der Waals surface area contributed by atoms with E-state index in [0.29, 0.717) is 36.8 Å². The zero-order valence-electron chi connectivity index (χ0n) is 12.9. The molecule has 2 aliphatic heterocycles. The molecule has 1 saturated heterocycles. The summed E-state index contributed by atoms with van der Waals surface area (Å²) in [5, 5.41) is 0. The van der Waals surface area contributed by atoms with E-state index in [0.717, 1.165) is 19.4 Å². The summed E-state index contributed by atoms with van der Waals surface area (Å²) in [6, 6.07) is 5.79. The SMILES string of the molecule is O=C(c1cccc2c1OCCO2)N1CCCC(n2ccnc2)C1. The van der Waals surface area contributed by atoms with Gasteiger partial charge in [-0.05, 0) is 25.0 Å². The zero-order valence-corrected chi connectivity index (χ0v) is 12.9. The summed E-state index contributed by atoms with van der Waals surface area (Å²) in [6.45, 7) is 2.47. The summed E-state index contributed by atoms with van der Waals surface area (Å²) < 4.78 is 13.3. The topological polar surface area (TPSA) is 56.6 Å². The van der Waals surface area contributed by atoms with Gasteiger partial charge in [0, 0.05) is 25.5 Å². The van der Waals surface area contributed by atoms with Gasteiger partial charge < -0.3 is 18.9 Å². The van der Waals surface area contributed by atoms with Crippen LogP contribution in [0.2, 0.25) is 0 Å². The van der Waals surface area contributed by atoms with Gasteiger partial charge in [-0.15, -0.1) is 0 Å². The monoisotopic (exact) mass is 313 g/mol. The van der Waals surface area contributed by atoms with Crippen LogP contribution in [0.5, 0.6) is 11.5 Å². The molecule has 6 nitrogen and oxygen atoms in total. The first-order valence-electron chi connectivity index (χ1n) is 7.98. The van der Waals surface area contributed by atoms with Crippen molar-refractivity contribution in [2.24, 2.45) is 0 Å². The van der Waals surface area contributed by atoms with Gasteiger partial charge in [-0.3, -0.25) is 4.79 Å². The fraction of sp³-hybridized carbons (Fsp3) is 0.412. The van der Waals surface area contributed by atoms with Crippen LogP contribution in [-0.2, 0) is 0 Å². The van der Waals surface area contributed by atoms with Crippen molar-refractivity contribution in [2.75, 3.05) is 26.3 Å². The molecule has 1 aromatic carbocycles. The number of piperidine rings is 1. The van der Waals surface area contributed by atoms with Crippen LogP contribution in [0, 0.1) is 0 Å². The first-order valence-corrected chi connectivity index (χ1v) is 7.98. The summed E-state index contributed by atoms with van der Waals surface area (Å²) >= 11 is 0. The van der Waals surface area contributed by atoms with Gasteiger partial charge in [-0.2, -0.15) is 0 Å². The highest BCUT2D eigenvalue weighted by molar-refractivity contribution is 5.98. The number of aromatic nitrogens is 2. The Morgan fingerprint density at radius 3 is 3.04 bits per heavy atom. The lowest BCUT2D eigenvalue weighted by Gasteiger charge is -2.34. The summed E-state index contributed by atoms with van der Waals surface area (Å²) in [7, 11) is 0. The molecule has 1 atom stereocenters. The van der Waals surface area contributed by atoms with Crippen LogP contribution >= 0.6 is 0 Å². The first kappa shape index (κ1) is 14.1. The van der Waals surface area contributed by atoms with Gasteiger partial charge in [0.1, 0.15) is 13.2 Å². The zero-order chi connectivity index (χ0) is 15.6. The molecule has 1 amide bonds. The highest BCUT2D eigenvalue weighted by atomic mass is 16.6. The van der Waals surface area contributed by atoms with E-state index >= 15 is 0 Å². The van der Waals surface area contributed by atoms with Gasteiger partial charge in [0.15, 0.2) is 11.5 Å². The molecule has 1 aromatic heterocycles. The van der Waals surface area contributed by atoms with E-state index in [1.807, 2.05) is 35.6 Å². The van der Waals surface area contributed by atoms with Crippen LogP contribution < -0.4 is 9.47 Å². The number of para-hydroxylation sites is 1. The van der Waals surface area contributed by atoms with Crippen molar-refractivity contribution >= 4 is 5.91 Å². The number of likely N-dealkylation sites (tertiary alicyclic amines) is 1. The number of carbonyl (C=O) groups is 1. The second-order valence-corrected chi connectivity index (χ2v) is 5.89. The minimum atomic E-state index is 0.0113. The van der Waals surface area contributed by atoms with E-state index in [1.165, 1.54) is 0 Å². The fourth-order valence-electron chi connectivity index (χ4n) is 3.28. The molecular formula is C17H19N3O3. The van der Waals surface area contributed by atoms with Crippen molar-refractivity contribution in [3.8, 4) is 11.5 Å². The Bertz CT molecular complexity index is 699. The molecule has 0 radical (unpaired) electrons. The van der Waals surface area contributed by atoms with Crippen LogP contribution in [0.15, 0.2) is 36.9 Å². The average molecular weight is 313 g/mol. The number of rotatable bonds is 2. The molecule has 0 bridgehead atoms. The van der Waals surface area contributed by atoms with Crippen molar-refractivity contribution in [2.45, 2.75) is 18.9 Å². The third-order valence-corrected chi connectivity index (χ3v) is 4.43. The molecule has 120 valence electrons. The smallest absolute Gasteiger partial charge is 0.257 e. The molecule has 3 heterocycles. The Morgan fingerprint density at radius 2 is 2.17 bits per heavy atom. The third kappa shape index (κ3) is 2.65. The van der Waals surface area contributed by atoms with Crippen molar-refractivity contribution in [3.05, 3.63) is 42.5 Å². The summed E-state index contributed by atoms with van der Waals surface area (Å²) in [4.78, 5) is 19.0. The normalized spacial score (nSPS) is 20.3. The van der Waals surface area contributed by atoms with E-state index in [-0.39, 0.29) is 11.9 Å². The molecule has 23 heavy (non-hydrogen) atoms. The number of amides is 1. The Hall–Kier alpha value is -2.50. The van der Waals surface area contributed by atoms with E-state index < -0.39 is 0 Å². The van der Waals surface area contributed by atoms with E-state index in [4.69, 9.17) is 9.47 Å². The molecule has 0 aliphatic carbocycles. The van der Waals surface area contributed by atoms with Crippen molar-refractivity contribution in [1.29, 1.82) is 0 Å². The van der Waals surface area contributed by atoms with Gasteiger partial charge in [-0.25, -0.2) is 4.98 Å². The van der Waals surface area contributed by atoms with Crippen LogP contribution in [0.25, 0.3) is 0 Å². The molecule has 2 aliphatic rings. The quantitative estimate of drug-likeness (QED) is 0.852. The molecule has 4 rings (SSSR count). The number of ether oxygens (including phenoxy) is 2. The lowest BCUT2D eigenvalue weighted by atomic mass is 10.0. The van der Waals surface area contributed by atoms with Gasteiger partial charge in [0.05, 0.1) is 17.9 Å². The number of nitrogens with zero attached hydrogens (tertiary/aromatic N) is 3. The molecule has 2 aromatic rings. The van der Waals surface area contributed by atoms with Crippen LogP contribution in [0.1, 0.15) is 29.2 Å². The maximum Gasteiger partial charge on any atom is 0.257 e. The Morgan fingerprint density at radius 1 is 1.26 bits per heavy atom. The highest BCUT2D eigenvalue weighted by Gasteiger charge is 2.28. The minimum Gasteiger partial charge on any atom is -0.486 e. The summed E-state index contributed by atoms with van der Waals surface area (Å²) in [5.74, 6) is 1.25. The van der Waals surface area contributed by atoms with Crippen molar-refractivity contribution < 1.29 is 14.3 Å². The molecule has 6 heteroatoms. The van der Waals surface area contributed by atoms with Crippen LogP contribution in [-0.4, -0.2) is 46.7 Å². The standard InChI is InChI=1S/C17H19N3O3/c21-17(14-4-1-5-15-16(14)23-10-9-22-15)19-7-2-3-13(11-19)20-8-6-18-12-20/h1,4-6,8,12-13H,2-3,7,9-11H2. The van der Waals surface area contributed by atoms with Gasteiger partial charge >= 0.3 is 0 Å². The first-order chi connectivity index (χ1) is 11.3. The van der Waals surface area contributed by atoms with E-state index in [2.05, 4.69) is 9.55 Å². The predicted octanol–water partition coefficient (Wildman–Crippen LogP) is 2.13. The van der Waals surface area contributed by atoms with Crippen LogP contribution in [0.3, 0.4) is 0 Å². The molecule has 1 fully saturated rings. The Kier molecular flexibility index (Phi) is 3.65. The molecule has 0 saturated carbocycles. The number of imidazole rings is 1. The number of benzene rings is 1. The molecule has 0 spiro atoms. The predicted molar refractivity (Wildman–Crippen MR) is 83.8 cm³/mol. The van der Waals surface area contributed by atoms with Crippen molar-refractivity contribution in [1.82, 2.24) is 14.5 Å². The molecule has 1 unspecified atom stereocenters. The largest absolute Gasteiger partial charge is 0.486 e. The third-order valence-electron chi connectivity index (χ3n) is 4.43. The van der Waals surface area contributed by atoms with Crippen LogP contribution in [0.4, 0.5) is 0 Å². The van der Waals surface area contributed by atoms with Gasteiger partial charge in [-0.1, -0.05) is 6.07 Å². The molecule has 0 N–H and O–H groups in total. The number of hydrogen-bond acceptors (Lipinski definition) is 4. The van der Waals surface area contributed by atoms with E-state index in [9.17, 15) is 4.79 Å². The van der Waals surface area contributed by atoms with Gasteiger partial charge in [0.2, 0.25) is 0 Å². The van der Waals surface area contributed by atoms with Gasteiger partial charge in [0.25, 0.3) is 5.91 Å². The second kappa shape index (κ2) is 5.95. The van der Waals surface area contributed by atoms with Crippen molar-refractivity contribution in [3.63, 3.8) is 0 Å². The summed E-state index contributed by atoms with van der Waals surface area (Å²) in [6.07, 6.45) is 7.60. The average Bonchev–Trinajstić information content (AvgIpc) is 3.15. The maximum absolute atomic E-state index is 13.0. The summed E-state index contributed by atoms with van der Waals surface area (Å²) in [5.41, 5.74) is 0.591. The highest BCUT2D eigenvalue weighted by Crippen LogP contribution is 2.35. The maximum atomic E-state index is 13.0. The van der Waals surface area contributed by atoms with E-state index in [1.54, 1.807) is 6.20 Å². The Labute approximate surface area is 134 Å². The lowest BCUT2D eigenvalue weighted by molar-refractivity contribution is 0.0669. The number of carbonyl (C=O) groups excluding carboxylic acids is 1. The number of hydrogen-bond donors (Lipinski definition) is 0. The Balaban J connectivity index is 1.57. The minimum absolute atomic E-state index is 0.0113. The number of fused-ring (bicyclic) bond motifs is 1. The lowest BCUT2D eigenvalue weighted by Crippen LogP contribution is -2.40.